The van der Waals surface area contributed by atoms with E-state index >= 15 is 0 Å². The number of hydroxylamine groups is 1. The average molecular weight is 507 g/mol. The number of hydrogen-bond acceptors (Lipinski definition) is 11. The molecule has 186 valence electrons. The van der Waals surface area contributed by atoms with Gasteiger partial charge in [0.25, 0.3) is 5.91 Å². The molecule has 5 rings (SSSR count). The summed E-state index contributed by atoms with van der Waals surface area (Å²) in [4.78, 5) is 35.3. The molecular formula is C24H26N8O3S. The van der Waals surface area contributed by atoms with Gasteiger partial charge in [-0.15, -0.1) is 11.3 Å². The molecule has 4 N–H and O–H groups in total. The lowest BCUT2D eigenvalue weighted by Gasteiger charge is -2.28. The van der Waals surface area contributed by atoms with Crippen molar-refractivity contribution in [3.8, 4) is 11.4 Å². The van der Waals surface area contributed by atoms with Crippen molar-refractivity contribution in [2.24, 2.45) is 0 Å². The Kier molecular flexibility index (Phi) is 6.63. The number of aromatic nitrogens is 4. The van der Waals surface area contributed by atoms with Gasteiger partial charge in [0.05, 0.1) is 35.0 Å². The number of nitrogens with two attached hydrogens (primary N) is 1. The Balaban J connectivity index is 1.52. The van der Waals surface area contributed by atoms with Crippen LogP contribution in [0.25, 0.3) is 21.6 Å². The average Bonchev–Trinajstić information content (AvgIpc) is 3.36. The summed E-state index contributed by atoms with van der Waals surface area (Å²) in [6.07, 6.45) is 2.76. The third kappa shape index (κ3) is 4.65. The molecule has 0 spiro atoms. The van der Waals surface area contributed by atoms with E-state index in [1.807, 2.05) is 36.2 Å². The maximum absolute atomic E-state index is 11.6. The first-order valence-electron chi connectivity index (χ1n) is 11.4. The van der Waals surface area contributed by atoms with Crippen LogP contribution in [-0.4, -0.2) is 64.4 Å². The van der Waals surface area contributed by atoms with Crippen LogP contribution in [0.1, 0.15) is 28.2 Å². The fraction of sp³-hybridized carbons (Fsp3) is 0.292. The summed E-state index contributed by atoms with van der Waals surface area (Å²) in [5.41, 5.74) is 10.1. The molecule has 1 aliphatic heterocycles. The highest BCUT2D eigenvalue weighted by Crippen LogP contribution is 2.38. The van der Waals surface area contributed by atoms with Crippen LogP contribution in [0.3, 0.4) is 0 Å². The lowest BCUT2D eigenvalue weighted by molar-refractivity contribution is 0.0705. The summed E-state index contributed by atoms with van der Waals surface area (Å²) in [6, 6.07) is 9.58. The molecule has 4 heterocycles. The van der Waals surface area contributed by atoms with Crippen LogP contribution in [0.15, 0.2) is 42.7 Å². The van der Waals surface area contributed by atoms with Crippen molar-refractivity contribution >= 4 is 44.9 Å². The van der Waals surface area contributed by atoms with Crippen LogP contribution in [-0.2, 0) is 4.74 Å². The molecule has 36 heavy (non-hydrogen) atoms. The van der Waals surface area contributed by atoms with Crippen molar-refractivity contribution in [1.29, 1.82) is 0 Å². The zero-order valence-electron chi connectivity index (χ0n) is 19.9. The number of hydrogen-bond donors (Lipinski definition) is 3. The quantitative estimate of drug-likeness (QED) is 0.203. The molecule has 1 aromatic carbocycles. The Morgan fingerprint density at radius 3 is 2.56 bits per heavy atom. The van der Waals surface area contributed by atoms with Crippen LogP contribution in [0, 0.1) is 0 Å². The number of carbonyl (C=O) groups is 1. The van der Waals surface area contributed by atoms with Gasteiger partial charge in [-0.3, -0.25) is 10.0 Å². The number of carbonyl (C=O) groups excluding carboxylic acids is 1. The molecule has 1 aliphatic rings. The highest BCUT2D eigenvalue weighted by molar-refractivity contribution is 7.19. The van der Waals surface area contributed by atoms with E-state index in [2.05, 4.69) is 27.9 Å². The lowest BCUT2D eigenvalue weighted by atomic mass is 10.2. The molecule has 12 heteroatoms. The van der Waals surface area contributed by atoms with E-state index in [1.54, 1.807) is 16.8 Å². The van der Waals surface area contributed by atoms with Crippen LogP contribution in [0.4, 0.5) is 17.5 Å². The van der Waals surface area contributed by atoms with E-state index in [0.717, 1.165) is 39.6 Å². The first kappa shape index (κ1) is 23.9. The van der Waals surface area contributed by atoms with E-state index in [0.29, 0.717) is 30.7 Å². The third-order valence-corrected chi connectivity index (χ3v) is 7.45. The van der Waals surface area contributed by atoms with Gasteiger partial charge in [-0.05, 0) is 37.3 Å². The Hall–Kier alpha value is -3.87. The summed E-state index contributed by atoms with van der Waals surface area (Å²) in [6.45, 7) is 4.89. The first-order chi connectivity index (χ1) is 17.4. The van der Waals surface area contributed by atoms with E-state index < -0.39 is 5.91 Å². The molecule has 1 unspecified atom stereocenters. The highest BCUT2D eigenvalue weighted by atomic mass is 32.1. The van der Waals surface area contributed by atoms with Crippen molar-refractivity contribution in [1.82, 2.24) is 25.4 Å². The minimum absolute atomic E-state index is 0.0702. The van der Waals surface area contributed by atoms with Crippen LogP contribution in [0.2, 0.25) is 0 Å². The van der Waals surface area contributed by atoms with E-state index in [9.17, 15) is 4.79 Å². The molecule has 11 nitrogen and oxygen atoms in total. The van der Waals surface area contributed by atoms with Crippen LogP contribution < -0.4 is 21.0 Å². The second kappa shape index (κ2) is 10.0. The SMILES string of the molecule is CC(c1cc2nc(-c3ccc(N)cc3)nc(N3CCOCC3)c2s1)N(C)c1ncc(C(=O)NO)cn1. The number of ether oxygens (including phenoxy) is 1. The van der Waals surface area contributed by atoms with E-state index in [-0.39, 0.29) is 11.6 Å². The molecule has 1 saturated heterocycles. The molecule has 0 radical (unpaired) electrons. The topological polar surface area (TPSA) is 143 Å². The van der Waals surface area contributed by atoms with Gasteiger partial charge >= 0.3 is 0 Å². The first-order valence-corrected chi connectivity index (χ1v) is 12.3. The summed E-state index contributed by atoms with van der Waals surface area (Å²) in [7, 11) is 1.89. The van der Waals surface area contributed by atoms with Gasteiger partial charge in [-0.2, -0.15) is 0 Å². The standard InChI is InChI=1S/C24H26N8O3S/c1-14(31(2)24-26-12-16(13-27-24)23(33)30-34)19-11-18-20(36-19)22(32-7-9-35-10-8-32)29-21(28-18)15-3-5-17(25)6-4-15/h3-6,11-14,34H,7-10,25H2,1-2H3,(H,30,33). The summed E-state index contributed by atoms with van der Waals surface area (Å²) < 4.78 is 6.58. The fourth-order valence-electron chi connectivity index (χ4n) is 3.94. The van der Waals surface area contributed by atoms with E-state index in [1.165, 1.54) is 12.4 Å². The summed E-state index contributed by atoms with van der Waals surface area (Å²) in [5.74, 6) is 1.34. The minimum atomic E-state index is -0.659. The van der Waals surface area contributed by atoms with Gasteiger partial charge in [0, 0.05) is 48.7 Å². The van der Waals surface area contributed by atoms with Crippen LogP contribution in [0.5, 0.6) is 0 Å². The number of thiophene rings is 1. The highest BCUT2D eigenvalue weighted by Gasteiger charge is 2.23. The Bertz CT molecular complexity index is 1370. The molecule has 0 aliphatic carbocycles. The molecule has 3 aromatic heterocycles. The summed E-state index contributed by atoms with van der Waals surface area (Å²) in [5, 5.41) is 8.80. The second-order valence-corrected chi connectivity index (χ2v) is 9.54. The van der Waals surface area contributed by atoms with E-state index in [4.69, 9.17) is 25.6 Å². The predicted octanol–water partition coefficient (Wildman–Crippen LogP) is 2.88. The molecular weight excluding hydrogens is 480 g/mol. The predicted molar refractivity (Wildman–Crippen MR) is 138 cm³/mol. The Morgan fingerprint density at radius 1 is 1.19 bits per heavy atom. The van der Waals surface area contributed by atoms with Gasteiger partial charge < -0.3 is 20.3 Å². The molecule has 1 amide bonds. The number of nitrogen functional groups attached to an aromatic ring is 1. The van der Waals surface area contributed by atoms with Crippen LogP contribution >= 0.6 is 11.3 Å². The van der Waals surface area contributed by atoms with Gasteiger partial charge in [0.1, 0.15) is 0 Å². The number of rotatable bonds is 6. The van der Waals surface area contributed by atoms with Gasteiger partial charge in [-0.1, -0.05) is 0 Å². The van der Waals surface area contributed by atoms with Crippen molar-refractivity contribution in [2.75, 3.05) is 48.9 Å². The Morgan fingerprint density at radius 2 is 1.89 bits per heavy atom. The van der Waals surface area contributed by atoms with Crippen molar-refractivity contribution in [2.45, 2.75) is 13.0 Å². The molecule has 0 saturated carbocycles. The number of benzene rings is 1. The monoisotopic (exact) mass is 506 g/mol. The number of anilines is 3. The van der Waals surface area contributed by atoms with Crippen molar-refractivity contribution < 1.29 is 14.7 Å². The number of fused-ring (bicyclic) bond motifs is 1. The maximum atomic E-state index is 11.6. The third-order valence-electron chi connectivity index (χ3n) is 6.16. The van der Waals surface area contributed by atoms with Gasteiger partial charge in [0.2, 0.25) is 5.95 Å². The number of morpholine rings is 1. The van der Waals surface area contributed by atoms with Gasteiger partial charge in [0.15, 0.2) is 11.6 Å². The molecule has 1 atom stereocenters. The largest absolute Gasteiger partial charge is 0.399 e. The smallest absolute Gasteiger partial charge is 0.277 e. The summed E-state index contributed by atoms with van der Waals surface area (Å²) >= 11 is 1.64. The molecule has 1 fully saturated rings. The maximum Gasteiger partial charge on any atom is 0.277 e. The number of nitrogens with one attached hydrogen (secondary N) is 1. The van der Waals surface area contributed by atoms with Crippen molar-refractivity contribution in [3.05, 3.63) is 53.2 Å². The Labute approximate surface area is 211 Å². The second-order valence-electron chi connectivity index (χ2n) is 8.45. The molecule has 0 bridgehead atoms. The zero-order valence-corrected chi connectivity index (χ0v) is 20.7. The lowest BCUT2D eigenvalue weighted by Crippen LogP contribution is -2.36. The number of nitrogens with zero attached hydrogens (tertiary/aromatic N) is 6. The molecule has 4 aromatic rings. The minimum Gasteiger partial charge on any atom is -0.399 e. The number of amides is 1. The normalized spacial score (nSPS) is 14.6. The van der Waals surface area contributed by atoms with Gasteiger partial charge in [-0.25, -0.2) is 25.4 Å². The fourth-order valence-corrected chi connectivity index (χ4v) is 5.15. The van der Waals surface area contributed by atoms with Crippen molar-refractivity contribution in [3.63, 3.8) is 0 Å². The zero-order chi connectivity index (χ0) is 25.2.